The van der Waals surface area contributed by atoms with E-state index in [2.05, 4.69) is 35.0 Å². The Balaban J connectivity index is 2.74. The maximum absolute atomic E-state index is 11.0. The number of amides is 1. The summed E-state index contributed by atoms with van der Waals surface area (Å²) in [4.78, 5) is 11.0. The van der Waals surface area contributed by atoms with Gasteiger partial charge in [-0.3, -0.25) is 4.79 Å². The van der Waals surface area contributed by atoms with Crippen LogP contribution in [0.5, 0.6) is 0 Å². The molecule has 0 spiro atoms. The number of carbonyl (C=O) groups is 1. The van der Waals surface area contributed by atoms with Gasteiger partial charge in [-0.15, -0.1) is 0 Å². The Morgan fingerprint density at radius 3 is 2.44 bits per heavy atom. The summed E-state index contributed by atoms with van der Waals surface area (Å²) in [7, 11) is 0. The van der Waals surface area contributed by atoms with Crippen LogP contribution >= 0.6 is 15.9 Å². The second-order valence-corrected chi connectivity index (χ2v) is 4.87. The molecule has 88 valence electrons. The third-order valence-electron chi connectivity index (χ3n) is 2.71. The Labute approximate surface area is 105 Å². The zero-order chi connectivity index (χ0) is 12.1. The molecule has 0 aliphatic rings. The minimum atomic E-state index is -0.268. The van der Waals surface area contributed by atoms with Crippen molar-refractivity contribution in [3.05, 3.63) is 34.3 Å². The first kappa shape index (κ1) is 13.2. The largest absolute Gasteiger partial charge is 0.365 e. The molecule has 1 amide bonds. The van der Waals surface area contributed by atoms with Gasteiger partial charge in [-0.1, -0.05) is 35.0 Å². The van der Waals surface area contributed by atoms with Crippen molar-refractivity contribution in [1.82, 2.24) is 0 Å². The minimum Gasteiger partial charge on any atom is -0.365 e. The van der Waals surface area contributed by atoms with Crippen molar-refractivity contribution in [2.75, 3.05) is 0 Å². The standard InChI is InChI=1S/C12H17BrN2O/c1-3-11(15-8(2)12(14)16)9-4-6-10(13)7-5-9/h4-8,11,15H,3H2,1-2H3,(H2,14,16)/p+1/t8-,11-/m0/s1. The van der Waals surface area contributed by atoms with E-state index in [1.807, 2.05) is 24.4 Å². The Morgan fingerprint density at radius 2 is 2.00 bits per heavy atom. The summed E-state index contributed by atoms with van der Waals surface area (Å²) >= 11 is 3.41. The minimum absolute atomic E-state index is 0.186. The van der Waals surface area contributed by atoms with Crippen LogP contribution in [0.4, 0.5) is 0 Å². The number of hydrogen-bond acceptors (Lipinski definition) is 1. The lowest BCUT2D eigenvalue weighted by molar-refractivity contribution is -0.713. The van der Waals surface area contributed by atoms with Gasteiger partial charge in [-0.25, -0.2) is 0 Å². The average molecular weight is 286 g/mol. The van der Waals surface area contributed by atoms with Crippen LogP contribution in [0.1, 0.15) is 31.9 Å². The number of carbonyl (C=O) groups excluding carboxylic acids is 1. The zero-order valence-electron chi connectivity index (χ0n) is 9.61. The number of primary amides is 1. The Kier molecular flexibility index (Phi) is 4.96. The smallest absolute Gasteiger partial charge is 0.275 e. The zero-order valence-corrected chi connectivity index (χ0v) is 11.2. The lowest BCUT2D eigenvalue weighted by Crippen LogP contribution is -2.92. The molecule has 0 bridgehead atoms. The molecular weight excluding hydrogens is 268 g/mol. The van der Waals surface area contributed by atoms with Crippen LogP contribution in [0.25, 0.3) is 0 Å². The molecule has 0 heterocycles. The maximum Gasteiger partial charge on any atom is 0.275 e. The molecule has 0 saturated carbocycles. The summed E-state index contributed by atoms with van der Waals surface area (Å²) in [5.41, 5.74) is 6.48. The molecule has 0 radical (unpaired) electrons. The van der Waals surface area contributed by atoms with Crippen LogP contribution < -0.4 is 11.1 Å². The van der Waals surface area contributed by atoms with Gasteiger partial charge in [0.25, 0.3) is 5.91 Å². The molecule has 0 aliphatic heterocycles. The molecule has 0 unspecified atom stereocenters. The number of quaternary nitrogens is 1. The Hall–Kier alpha value is -0.870. The van der Waals surface area contributed by atoms with Gasteiger partial charge in [0.2, 0.25) is 0 Å². The third kappa shape index (κ3) is 3.61. The van der Waals surface area contributed by atoms with Crippen LogP contribution in [0, 0.1) is 0 Å². The molecule has 0 aliphatic carbocycles. The van der Waals surface area contributed by atoms with Crippen molar-refractivity contribution in [2.45, 2.75) is 32.4 Å². The SMILES string of the molecule is CC[C@H]([NH2+][C@@H](C)C(N)=O)c1ccc(Br)cc1. The van der Waals surface area contributed by atoms with Gasteiger partial charge in [0, 0.05) is 16.5 Å². The molecule has 2 atom stereocenters. The summed E-state index contributed by atoms with van der Waals surface area (Å²) < 4.78 is 1.06. The third-order valence-corrected chi connectivity index (χ3v) is 3.24. The van der Waals surface area contributed by atoms with Gasteiger partial charge in [-0.2, -0.15) is 0 Å². The lowest BCUT2D eigenvalue weighted by Gasteiger charge is -2.17. The Bertz CT molecular complexity index is 351. The number of nitrogens with two attached hydrogens (primary N) is 2. The highest BCUT2D eigenvalue weighted by molar-refractivity contribution is 9.10. The topological polar surface area (TPSA) is 59.7 Å². The van der Waals surface area contributed by atoms with Crippen LogP contribution in [0.2, 0.25) is 0 Å². The van der Waals surface area contributed by atoms with Gasteiger partial charge in [-0.05, 0) is 19.1 Å². The number of halogens is 1. The fraction of sp³-hybridized carbons (Fsp3) is 0.417. The Morgan fingerprint density at radius 1 is 1.44 bits per heavy atom. The van der Waals surface area contributed by atoms with Crippen molar-refractivity contribution in [3.8, 4) is 0 Å². The summed E-state index contributed by atoms with van der Waals surface area (Å²) in [6, 6.07) is 8.27. The van der Waals surface area contributed by atoms with E-state index in [9.17, 15) is 4.79 Å². The lowest BCUT2D eigenvalue weighted by atomic mass is 10.0. The van der Waals surface area contributed by atoms with Gasteiger partial charge in [0.1, 0.15) is 6.04 Å². The maximum atomic E-state index is 11.0. The normalized spacial score (nSPS) is 14.4. The van der Waals surface area contributed by atoms with Crippen molar-refractivity contribution in [2.24, 2.45) is 5.73 Å². The number of benzene rings is 1. The predicted molar refractivity (Wildman–Crippen MR) is 67.8 cm³/mol. The second-order valence-electron chi connectivity index (χ2n) is 3.95. The monoisotopic (exact) mass is 285 g/mol. The number of rotatable bonds is 5. The van der Waals surface area contributed by atoms with E-state index in [1.165, 1.54) is 5.56 Å². The first-order chi connectivity index (χ1) is 7.54. The average Bonchev–Trinajstić information content (AvgIpc) is 2.26. The van der Waals surface area contributed by atoms with Crippen molar-refractivity contribution < 1.29 is 10.1 Å². The van der Waals surface area contributed by atoms with Crippen molar-refractivity contribution in [1.29, 1.82) is 0 Å². The van der Waals surface area contributed by atoms with Crippen LogP contribution in [0.3, 0.4) is 0 Å². The van der Waals surface area contributed by atoms with E-state index in [0.717, 1.165) is 10.9 Å². The molecule has 0 saturated heterocycles. The quantitative estimate of drug-likeness (QED) is 0.843. The first-order valence-electron chi connectivity index (χ1n) is 5.44. The fourth-order valence-corrected chi connectivity index (χ4v) is 1.90. The van der Waals surface area contributed by atoms with Gasteiger partial charge >= 0.3 is 0 Å². The first-order valence-corrected chi connectivity index (χ1v) is 6.23. The molecular formula is C12H18BrN2O+. The van der Waals surface area contributed by atoms with Gasteiger partial charge < -0.3 is 11.1 Å². The highest BCUT2D eigenvalue weighted by atomic mass is 79.9. The molecule has 4 heteroatoms. The van der Waals surface area contributed by atoms with E-state index in [-0.39, 0.29) is 18.0 Å². The molecule has 1 aromatic rings. The highest BCUT2D eigenvalue weighted by Crippen LogP contribution is 2.16. The summed E-state index contributed by atoms with van der Waals surface area (Å²) in [6.45, 7) is 3.95. The van der Waals surface area contributed by atoms with Crippen LogP contribution in [-0.4, -0.2) is 11.9 Å². The van der Waals surface area contributed by atoms with Gasteiger partial charge in [0.05, 0.1) is 0 Å². The van der Waals surface area contributed by atoms with Crippen LogP contribution in [0.15, 0.2) is 28.7 Å². The van der Waals surface area contributed by atoms with E-state index in [0.29, 0.717) is 0 Å². The van der Waals surface area contributed by atoms with Crippen molar-refractivity contribution in [3.63, 3.8) is 0 Å². The predicted octanol–water partition coefficient (Wildman–Crippen LogP) is 1.34. The van der Waals surface area contributed by atoms with E-state index >= 15 is 0 Å². The van der Waals surface area contributed by atoms with E-state index in [4.69, 9.17) is 5.73 Å². The molecule has 0 fully saturated rings. The van der Waals surface area contributed by atoms with Crippen LogP contribution in [-0.2, 0) is 4.79 Å². The molecule has 1 rings (SSSR count). The molecule has 16 heavy (non-hydrogen) atoms. The van der Waals surface area contributed by atoms with E-state index in [1.54, 1.807) is 0 Å². The molecule has 4 N–H and O–H groups in total. The van der Waals surface area contributed by atoms with E-state index < -0.39 is 0 Å². The molecule has 3 nitrogen and oxygen atoms in total. The van der Waals surface area contributed by atoms with Crippen molar-refractivity contribution >= 4 is 21.8 Å². The second kappa shape index (κ2) is 6.01. The fourth-order valence-electron chi connectivity index (χ4n) is 1.64. The van der Waals surface area contributed by atoms with Gasteiger partial charge in [0.15, 0.2) is 6.04 Å². The summed E-state index contributed by atoms with van der Waals surface area (Å²) in [5.74, 6) is -0.268. The highest BCUT2D eigenvalue weighted by Gasteiger charge is 2.19. The molecule has 0 aromatic heterocycles. The number of hydrogen-bond donors (Lipinski definition) is 2. The summed E-state index contributed by atoms with van der Waals surface area (Å²) in [5, 5.41) is 2.02. The summed E-state index contributed by atoms with van der Waals surface area (Å²) in [6.07, 6.45) is 0.971. The molecule has 1 aromatic carbocycles.